The summed E-state index contributed by atoms with van der Waals surface area (Å²) in [5.41, 5.74) is 0. The van der Waals surface area contributed by atoms with Gasteiger partial charge in [0.05, 0.1) is 0 Å². The van der Waals surface area contributed by atoms with Crippen LogP contribution in [0.1, 0.15) is 12.8 Å². The van der Waals surface area contributed by atoms with Crippen LogP contribution in [-0.2, 0) is 4.79 Å². The van der Waals surface area contributed by atoms with E-state index in [1.54, 1.807) is 4.90 Å². The summed E-state index contributed by atoms with van der Waals surface area (Å²) >= 11 is 5.45. The molecule has 12 heavy (non-hydrogen) atoms. The Balaban J connectivity index is 2.31. The molecule has 1 unspecified atom stereocenters. The maximum Gasteiger partial charge on any atom is 0.223 e. The highest BCUT2D eigenvalue weighted by Crippen LogP contribution is 2.16. The van der Waals surface area contributed by atoms with E-state index in [2.05, 4.69) is 0 Å². The Kier molecular flexibility index (Phi) is 3.82. The second-order valence-electron chi connectivity index (χ2n) is 3.12. The van der Waals surface area contributed by atoms with Gasteiger partial charge in [-0.25, -0.2) is 0 Å². The second kappa shape index (κ2) is 4.67. The van der Waals surface area contributed by atoms with Crippen LogP contribution >= 0.6 is 11.6 Å². The molecule has 0 radical (unpaired) electrons. The van der Waals surface area contributed by atoms with Gasteiger partial charge in [0.25, 0.3) is 0 Å². The Morgan fingerprint density at radius 1 is 1.67 bits per heavy atom. The van der Waals surface area contributed by atoms with E-state index in [9.17, 15) is 4.79 Å². The topological polar surface area (TPSA) is 40.5 Å². The minimum absolute atomic E-state index is 0.112. The minimum atomic E-state index is 0.112. The highest BCUT2D eigenvalue weighted by molar-refractivity contribution is 6.18. The van der Waals surface area contributed by atoms with Gasteiger partial charge in [-0.1, -0.05) is 0 Å². The van der Waals surface area contributed by atoms with Crippen LogP contribution in [0.4, 0.5) is 0 Å². The van der Waals surface area contributed by atoms with Gasteiger partial charge in [0.2, 0.25) is 5.91 Å². The summed E-state index contributed by atoms with van der Waals surface area (Å²) in [6.07, 6.45) is 1.34. The van der Waals surface area contributed by atoms with Crippen molar-refractivity contribution in [1.82, 2.24) is 4.90 Å². The molecular weight excluding hydrogens is 178 g/mol. The molecular formula is C8H14ClNO2. The predicted octanol–water partition coefficient (Wildman–Crippen LogP) is 0.456. The summed E-state index contributed by atoms with van der Waals surface area (Å²) in [7, 11) is 0. The zero-order valence-corrected chi connectivity index (χ0v) is 7.76. The van der Waals surface area contributed by atoms with Crippen molar-refractivity contribution in [2.45, 2.75) is 12.8 Å². The van der Waals surface area contributed by atoms with Gasteiger partial charge >= 0.3 is 0 Å². The van der Waals surface area contributed by atoms with Crippen LogP contribution in [0.5, 0.6) is 0 Å². The fraction of sp³-hybridized carbons (Fsp3) is 0.875. The van der Waals surface area contributed by atoms with Crippen LogP contribution in [0.15, 0.2) is 0 Å². The maximum absolute atomic E-state index is 11.3. The van der Waals surface area contributed by atoms with Gasteiger partial charge in [0, 0.05) is 37.9 Å². The predicted molar refractivity (Wildman–Crippen MR) is 47.1 cm³/mol. The lowest BCUT2D eigenvalue weighted by Crippen LogP contribution is -2.29. The molecule has 0 aromatic rings. The molecule has 1 rings (SSSR count). The second-order valence-corrected chi connectivity index (χ2v) is 3.49. The van der Waals surface area contributed by atoms with Gasteiger partial charge in [0.15, 0.2) is 0 Å². The Hall–Kier alpha value is -0.280. The molecule has 1 N–H and O–H groups in total. The van der Waals surface area contributed by atoms with E-state index in [1.807, 2.05) is 0 Å². The molecule has 0 aliphatic carbocycles. The Labute approximate surface area is 77.3 Å². The third-order valence-corrected chi connectivity index (χ3v) is 2.39. The Morgan fingerprint density at radius 2 is 2.42 bits per heavy atom. The average Bonchev–Trinajstić information content (AvgIpc) is 2.52. The lowest BCUT2D eigenvalue weighted by Gasteiger charge is -2.14. The lowest BCUT2D eigenvalue weighted by molar-refractivity contribution is -0.129. The number of amides is 1. The van der Waals surface area contributed by atoms with E-state index in [1.165, 1.54) is 0 Å². The number of rotatable bonds is 3. The molecule has 1 fully saturated rings. The first-order valence-corrected chi connectivity index (χ1v) is 4.76. The molecule has 0 bridgehead atoms. The number of likely N-dealkylation sites (tertiary alicyclic amines) is 1. The van der Waals surface area contributed by atoms with Crippen molar-refractivity contribution in [1.29, 1.82) is 0 Å². The van der Waals surface area contributed by atoms with Crippen LogP contribution < -0.4 is 0 Å². The largest absolute Gasteiger partial charge is 0.396 e. The number of hydrogen-bond acceptors (Lipinski definition) is 2. The summed E-state index contributed by atoms with van der Waals surface area (Å²) in [6.45, 7) is 1.66. The molecule has 1 aliphatic heterocycles. The van der Waals surface area contributed by atoms with Gasteiger partial charge < -0.3 is 10.0 Å². The van der Waals surface area contributed by atoms with E-state index < -0.39 is 0 Å². The number of hydrogen-bond donors (Lipinski definition) is 1. The summed E-state index contributed by atoms with van der Waals surface area (Å²) in [5, 5.41) is 8.83. The van der Waals surface area contributed by atoms with Crippen LogP contribution in [0.3, 0.4) is 0 Å². The first kappa shape index (κ1) is 9.81. The van der Waals surface area contributed by atoms with E-state index in [0.29, 0.717) is 18.8 Å². The Morgan fingerprint density at radius 3 is 2.92 bits per heavy atom. The summed E-state index contributed by atoms with van der Waals surface area (Å²) in [4.78, 5) is 13.0. The standard InChI is InChI=1S/C8H14ClNO2/c9-3-1-8(12)10-4-2-7(5-10)6-11/h7,11H,1-6H2. The zero-order chi connectivity index (χ0) is 8.97. The van der Waals surface area contributed by atoms with E-state index in [0.717, 1.165) is 13.0 Å². The number of alkyl halides is 1. The third-order valence-electron chi connectivity index (χ3n) is 2.21. The molecule has 1 saturated heterocycles. The number of aliphatic hydroxyl groups is 1. The molecule has 0 aromatic carbocycles. The van der Waals surface area contributed by atoms with Crippen LogP contribution in [0.2, 0.25) is 0 Å². The smallest absolute Gasteiger partial charge is 0.223 e. The zero-order valence-electron chi connectivity index (χ0n) is 7.00. The van der Waals surface area contributed by atoms with Gasteiger partial charge in [-0.15, -0.1) is 11.6 Å². The normalized spacial score (nSPS) is 23.2. The fourth-order valence-corrected chi connectivity index (χ4v) is 1.61. The summed E-state index contributed by atoms with van der Waals surface area (Å²) in [5.74, 6) is 0.782. The van der Waals surface area contributed by atoms with Gasteiger partial charge in [-0.05, 0) is 6.42 Å². The number of carbonyl (C=O) groups excluding carboxylic acids is 1. The van der Waals surface area contributed by atoms with E-state index >= 15 is 0 Å². The number of carbonyl (C=O) groups is 1. The minimum Gasteiger partial charge on any atom is -0.396 e. The molecule has 4 heteroatoms. The van der Waals surface area contributed by atoms with Gasteiger partial charge in [-0.3, -0.25) is 4.79 Å². The molecule has 1 amide bonds. The van der Waals surface area contributed by atoms with Crippen molar-refractivity contribution >= 4 is 17.5 Å². The highest BCUT2D eigenvalue weighted by atomic mass is 35.5. The first-order valence-electron chi connectivity index (χ1n) is 4.22. The number of nitrogens with zero attached hydrogens (tertiary/aromatic N) is 1. The SMILES string of the molecule is O=C(CCCl)N1CCC(CO)C1. The van der Waals surface area contributed by atoms with Crippen molar-refractivity contribution in [3.63, 3.8) is 0 Å². The van der Waals surface area contributed by atoms with Crippen molar-refractivity contribution in [3.8, 4) is 0 Å². The molecule has 1 aliphatic rings. The molecule has 3 nitrogen and oxygen atoms in total. The van der Waals surface area contributed by atoms with Crippen LogP contribution in [0, 0.1) is 5.92 Å². The average molecular weight is 192 g/mol. The molecule has 0 saturated carbocycles. The van der Waals surface area contributed by atoms with E-state index in [-0.39, 0.29) is 18.4 Å². The van der Waals surface area contributed by atoms with Crippen molar-refractivity contribution in [2.24, 2.45) is 5.92 Å². The van der Waals surface area contributed by atoms with Crippen molar-refractivity contribution in [2.75, 3.05) is 25.6 Å². The van der Waals surface area contributed by atoms with E-state index in [4.69, 9.17) is 16.7 Å². The third kappa shape index (κ3) is 2.35. The molecule has 0 aromatic heterocycles. The molecule has 1 atom stereocenters. The quantitative estimate of drug-likeness (QED) is 0.659. The lowest BCUT2D eigenvalue weighted by atomic mass is 10.1. The van der Waals surface area contributed by atoms with Gasteiger partial charge in [-0.2, -0.15) is 0 Å². The van der Waals surface area contributed by atoms with Crippen LogP contribution in [0.25, 0.3) is 0 Å². The Bertz CT molecular complexity index is 163. The van der Waals surface area contributed by atoms with Crippen molar-refractivity contribution < 1.29 is 9.90 Å². The first-order chi connectivity index (χ1) is 5.77. The molecule has 1 heterocycles. The monoisotopic (exact) mass is 191 g/mol. The molecule has 70 valence electrons. The highest BCUT2D eigenvalue weighted by Gasteiger charge is 2.24. The number of aliphatic hydroxyl groups excluding tert-OH is 1. The summed E-state index contributed by atoms with van der Waals surface area (Å²) < 4.78 is 0. The van der Waals surface area contributed by atoms with Gasteiger partial charge in [0.1, 0.15) is 0 Å². The van der Waals surface area contributed by atoms with Crippen LogP contribution in [-0.4, -0.2) is 41.5 Å². The van der Waals surface area contributed by atoms with Crippen molar-refractivity contribution in [3.05, 3.63) is 0 Å². The maximum atomic E-state index is 11.3. The summed E-state index contributed by atoms with van der Waals surface area (Å²) in [6, 6.07) is 0. The molecule has 0 spiro atoms. The fourth-order valence-electron chi connectivity index (χ4n) is 1.45. The number of halogens is 1.